The molecule has 12 heteroatoms. The van der Waals surface area contributed by atoms with E-state index in [1.165, 1.54) is 4.90 Å². The number of nitrogens with one attached hydrogen (secondary N) is 2. The lowest BCUT2D eigenvalue weighted by molar-refractivity contribution is -0.151. The van der Waals surface area contributed by atoms with E-state index in [0.717, 1.165) is 17.4 Å². The highest BCUT2D eigenvalue weighted by molar-refractivity contribution is 5.95. The Morgan fingerprint density at radius 3 is 2.32 bits per heavy atom. The van der Waals surface area contributed by atoms with Crippen LogP contribution in [0.3, 0.4) is 0 Å². The zero-order valence-corrected chi connectivity index (χ0v) is 29.7. The van der Waals surface area contributed by atoms with Gasteiger partial charge in [-0.1, -0.05) is 63.4 Å². The van der Waals surface area contributed by atoms with Gasteiger partial charge in [-0.25, -0.2) is 14.6 Å². The van der Waals surface area contributed by atoms with Crippen LogP contribution in [0.15, 0.2) is 54.6 Å². The van der Waals surface area contributed by atoms with E-state index in [-0.39, 0.29) is 18.9 Å². The number of hydrogen-bond acceptors (Lipinski definition) is 8. The molecule has 50 heavy (non-hydrogen) atoms. The van der Waals surface area contributed by atoms with Crippen LogP contribution in [0.5, 0.6) is 11.5 Å². The molecule has 0 bridgehead atoms. The first kappa shape index (κ1) is 36.4. The lowest BCUT2D eigenvalue weighted by atomic mass is 9.81. The number of aromatic nitrogens is 1. The van der Waals surface area contributed by atoms with Gasteiger partial charge >= 0.3 is 12.1 Å². The highest BCUT2D eigenvalue weighted by atomic mass is 16.6. The fourth-order valence-corrected chi connectivity index (χ4v) is 6.71. The van der Waals surface area contributed by atoms with E-state index in [1.54, 1.807) is 41.7 Å². The molecule has 2 aromatic carbocycles. The SMILES string of the molecule is COc1ccc2c(O[C@@H]3C[C@@H](C(=O)NC4(C(=O)O)CCCCC4)N(C(=O)[C@@H](NC(=O)OC(C)(C)C)C(C)C)C3)cc(-c3ccccc3)nc2c1. The molecular weight excluding hydrogens is 640 g/mol. The van der Waals surface area contributed by atoms with Crippen molar-refractivity contribution in [3.8, 4) is 22.8 Å². The molecule has 0 radical (unpaired) electrons. The zero-order valence-electron chi connectivity index (χ0n) is 29.7. The summed E-state index contributed by atoms with van der Waals surface area (Å²) in [5.41, 5.74) is -0.0148. The van der Waals surface area contributed by atoms with Gasteiger partial charge < -0.3 is 34.9 Å². The Bertz CT molecular complexity index is 1710. The summed E-state index contributed by atoms with van der Waals surface area (Å²) in [4.78, 5) is 60.0. The molecule has 1 saturated carbocycles. The number of methoxy groups -OCH3 is 1. The second-order valence-corrected chi connectivity index (χ2v) is 14.5. The van der Waals surface area contributed by atoms with Crippen LogP contribution in [0.25, 0.3) is 22.2 Å². The summed E-state index contributed by atoms with van der Waals surface area (Å²) >= 11 is 0. The summed E-state index contributed by atoms with van der Waals surface area (Å²) in [6, 6.07) is 14.9. The van der Waals surface area contributed by atoms with Gasteiger partial charge in [0.05, 0.1) is 24.9 Å². The normalized spacial score (nSPS) is 19.5. The lowest BCUT2D eigenvalue weighted by Gasteiger charge is -2.36. The molecule has 2 fully saturated rings. The second-order valence-electron chi connectivity index (χ2n) is 14.5. The first-order valence-electron chi connectivity index (χ1n) is 17.3. The predicted octanol–water partition coefficient (Wildman–Crippen LogP) is 5.71. The number of alkyl carbamates (subject to hydrolysis) is 1. The average molecular weight is 689 g/mol. The molecule has 1 aliphatic heterocycles. The van der Waals surface area contributed by atoms with Gasteiger partial charge in [0, 0.05) is 29.5 Å². The number of pyridine rings is 1. The number of likely N-dealkylation sites (tertiary alicyclic amines) is 1. The van der Waals surface area contributed by atoms with E-state index in [4.69, 9.17) is 19.2 Å². The standard InChI is InChI=1S/C38H48N4O8/c1-23(2)32(40-36(47)50-37(3,4)5)34(44)42-22-26(20-30(42)33(43)41-38(35(45)46)17-11-8-12-18-38)49-31-21-28(24-13-9-7-10-14-24)39-29-19-25(48-6)15-16-27(29)31/h7,9-10,13-16,19,21,23,26,30,32H,8,11-12,17-18,20,22H2,1-6H3,(H,40,47)(H,41,43)(H,45,46)/t26-,30+,32+/m1/s1. The number of amides is 3. The number of hydrogen-bond donors (Lipinski definition) is 3. The van der Waals surface area contributed by atoms with Gasteiger partial charge in [0.2, 0.25) is 11.8 Å². The predicted molar refractivity (Wildman–Crippen MR) is 188 cm³/mol. The largest absolute Gasteiger partial charge is 0.497 e. The van der Waals surface area contributed by atoms with Crippen LogP contribution in [-0.4, -0.2) is 81.8 Å². The number of fused-ring (bicyclic) bond motifs is 1. The Balaban J connectivity index is 1.49. The quantitative estimate of drug-likeness (QED) is 0.243. The van der Waals surface area contributed by atoms with E-state index in [0.29, 0.717) is 48.4 Å². The number of carbonyl (C=O) groups is 4. The molecule has 3 amide bonds. The van der Waals surface area contributed by atoms with Crippen LogP contribution in [0.4, 0.5) is 4.79 Å². The first-order valence-corrected chi connectivity index (χ1v) is 17.3. The Morgan fingerprint density at radius 2 is 1.70 bits per heavy atom. The van der Waals surface area contributed by atoms with Gasteiger partial charge in [0.25, 0.3) is 0 Å². The Morgan fingerprint density at radius 1 is 1.00 bits per heavy atom. The van der Waals surface area contributed by atoms with Crippen molar-refractivity contribution >= 4 is 34.8 Å². The summed E-state index contributed by atoms with van der Waals surface area (Å²) in [5, 5.41) is 16.5. The molecule has 3 atom stereocenters. The van der Waals surface area contributed by atoms with Crippen molar-refractivity contribution in [1.29, 1.82) is 0 Å². The molecule has 5 rings (SSSR count). The van der Waals surface area contributed by atoms with Crippen LogP contribution < -0.4 is 20.1 Å². The van der Waals surface area contributed by atoms with E-state index in [2.05, 4.69) is 10.6 Å². The Kier molecular flexibility index (Phi) is 10.9. The summed E-state index contributed by atoms with van der Waals surface area (Å²) in [6.45, 7) is 8.80. The Labute approximate surface area is 292 Å². The van der Waals surface area contributed by atoms with Gasteiger partial charge in [-0.05, 0) is 51.7 Å². The third-order valence-electron chi connectivity index (χ3n) is 9.27. The molecule has 12 nitrogen and oxygen atoms in total. The Hall–Kier alpha value is -4.87. The number of benzene rings is 2. The molecule has 0 spiro atoms. The highest BCUT2D eigenvalue weighted by Crippen LogP contribution is 2.35. The molecule has 1 aromatic heterocycles. The van der Waals surface area contributed by atoms with E-state index in [1.807, 2.05) is 54.6 Å². The maximum atomic E-state index is 14.3. The topological polar surface area (TPSA) is 156 Å². The van der Waals surface area contributed by atoms with Gasteiger partial charge in [0.1, 0.15) is 40.8 Å². The van der Waals surface area contributed by atoms with Crippen molar-refractivity contribution in [3.05, 3.63) is 54.6 Å². The molecular formula is C38H48N4O8. The number of carbonyl (C=O) groups excluding carboxylic acids is 3. The molecule has 3 N–H and O–H groups in total. The van der Waals surface area contributed by atoms with Crippen LogP contribution >= 0.6 is 0 Å². The molecule has 2 heterocycles. The molecule has 268 valence electrons. The van der Waals surface area contributed by atoms with Crippen LogP contribution in [0.1, 0.15) is 73.1 Å². The monoisotopic (exact) mass is 688 g/mol. The minimum atomic E-state index is -1.42. The number of rotatable bonds is 10. The smallest absolute Gasteiger partial charge is 0.408 e. The highest BCUT2D eigenvalue weighted by Gasteiger charge is 2.48. The molecule has 1 saturated heterocycles. The van der Waals surface area contributed by atoms with Crippen LogP contribution in [-0.2, 0) is 19.1 Å². The van der Waals surface area contributed by atoms with Crippen molar-refractivity contribution in [3.63, 3.8) is 0 Å². The minimum absolute atomic E-state index is 0.0247. The summed E-state index contributed by atoms with van der Waals surface area (Å²) in [5.74, 6) is -1.36. The van der Waals surface area contributed by atoms with Crippen molar-refractivity contribution < 1.29 is 38.5 Å². The number of carboxylic acid groups (broad SMARTS) is 1. The van der Waals surface area contributed by atoms with Gasteiger partial charge in [-0.2, -0.15) is 0 Å². The molecule has 0 unspecified atom stereocenters. The fourth-order valence-electron chi connectivity index (χ4n) is 6.71. The van der Waals surface area contributed by atoms with Crippen LogP contribution in [0.2, 0.25) is 0 Å². The maximum Gasteiger partial charge on any atom is 0.408 e. The summed E-state index contributed by atoms with van der Waals surface area (Å²) < 4.78 is 17.6. The van der Waals surface area contributed by atoms with Gasteiger partial charge in [0.15, 0.2) is 0 Å². The first-order chi connectivity index (χ1) is 23.7. The maximum absolute atomic E-state index is 14.3. The molecule has 1 aliphatic carbocycles. The fraction of sp³-hybridized carbons (Fsp3) is 0.500. The average Bonchev–Trinajstić information content (AvgIpc) is 3.50. The molecule has 2 aliphatic rings. The number of nitrogens with zero attached hydrogens (tertiary/aromatic N) is 2. The summed E-state index contributed by atoms with van der Waals surface area (Å²) in [6.07, 6.45) is 1.54. The van der Waals surface area contributed by atoms with E-state index >= 15 is 0 Å². The number of carboxylic acids is 1. The number of ether oxygens (including phenoxy) is 3. The minimum Gasteiger partial charge on any atom is -0.497 e. The van der Waals surface area contributed by atoms with Gasteiger partial charge in [-0.3, -0.25) is 9.59 Å². The van der Waals surface area contributed by atoms with Gasteiger partial charge in [-0.15, -0.1) is 0 Å². The zero-order chi connectivity index (χ0) is 36.2. The molecule has 3 aromatic rings. The lowest BCUT2D eigenvalue weighted by Crippen LogP contribution is -2.61. The third kappa shape index (κ3) is 8.28. The summed E-state index contributed by atoms with van der Waals surface area (Å²) in [7, 11) is 1.58. The van der Waals surface area contributed by atoms with E-state index in [9.17, 15) is 24.3 Å². The second kappa shape index (κ2) is 14.9. The van der Waals surface area contributed by atoms with Crippen LogP contribution in [0, 0.1) is 5.92 Å². The van der Waals surface area contributed by atoms with E-state index < -0.39 is 53.2 Å². The van der Waals surface area contributed by atoms with Crippen molar-refractivity contribution in [2.75, 3.05) is 13.7 Å². The number of aliphatic carboxylic acids is 1. The third-order valence-corrected chi connectivity index (χ3v) is 9.27. The van der Waals surface area contributed by atoms with Crippen molar-refractivity contribution in [2.45, 2.75) is 102 Å². The van der Waals surface area contributed by atoms with Crippen molar-refractivity contribution in [2.24, 2.45) is 5.92 Å². The van der Waals surface area contributed by atoms with Crippen molar-refractivity contribution in [1.82, 2.24) is 20.5 Å².